The molecule has 1 aliphatic rings. The Balaban J connectivity index is 1.53. The molecule has 1 aromatic heterocycles. The number of fused-ring (bicyclic) bond motifs is 1. The Kier molecular flexibility index (Phi) is 4.50. The normalized spacial score (nSPS) is 14.0. The van der Waals surface area contributed by atoms with Crippen LogP contribution in [0.15, 0.2) is 47.0 Å². The van der Waals surface area contributed by atoms with E-state index in [0.717, 1.165) is 11.8 Å². The number of amides is 2. The van der Waals surface area contributed by atoms with Gasteiger partial charge >= 0.3 is 0 Å². The van der Waals surface area contributed by atoms with E-state index >= 15 is 0 Å². The van der Waals surface area contributed by atoms with Crippen molar-refractivity contribution in [2.45, 2.75) is 19.3 Å². The number of hydrogen-bond donors (Lipinski definition) is 1. The fourth-order valence-electron chi connectivity index (χ4n) is 3.30. The first-order chi connectivity index (χ1) is 13.2. The summed E-state index contributed by atoms with van der Waals surface area (Å²) in [5.74, 6) is 0.453. The van der Waals surface area contributed by atoms with Crippen molar-refractivity contribution in [1.82, 2.24) is 5.16 Å². The quantitative estimate of drug-likeness (QED) is 0.751. The molecule has 0 atom stereocenters. The van der Waals surface area contributed by atoms with Crippen LogP contribution in [0.1, 0.15) is 18.5 Å². The Labute approximate surface area is 155 Å². The third-order valence-corrected chi connectivity index (χ3v) is 4.61. The number of para-hydroxylation sites is 1. The minimum absolute atomic E-state index is 0.0610. The second-order valence-corrected chi connectivity index (χ2v) is 6.39. The zero-order chi connectivity index (χ0) is 18.8. The lowest BCUT2D eigenvalue weighted by molar-refractivity contribution is -0.117. The number of hydrogen-bond acceptors (Lipinski definition) is 5. The molecule has 0 radical (unpaired) electrons. The van der Waals surface area contributed by atoms with Gasteiger partial charge in [0.1, 0.15) is 11.4 Å². The zero-order valence-corrected chi connectivity index (χ0v) is 14.9. The first kappa shape index (κ1) is 17.1. The van der Waals surface area contributed by atoms with Crippen LogP contribution in [0.4, 0.5) is 11.4 Å². The predicted octanol–water partition coefficient (Wildman–Crippen LogP) is 3.14. The minimum Gasteiger partial charge on any atom is -0.495 e. The summed E-state index contributed by atoms with van der Waals surface area (Å²) in [6.45, 7) is 0.650. The summed E-state index contributed by atoms with van der Waals surface area (Å²) in [4.78, 5) is 26.2. The van der Waals surface area contributed by atoms with Crippen LogP contribution in [0, 0.1) is 0 Å². The predicted molar refractivity (Wildman–Crippen MR) is 101 cm³/mol. The molecule has 1 N–H and O–H groups in total. The second kappa shape index (κ2) is 7.11. The molecule has 7 heteroatoms. The van der Waals surface area contributed by atoms with Crippen LogP contribution < -0.4 is 15.0 Å². The molecule has 2 aromatic carbocycles. The van der Waals surface area contributed by atoms with Crippen LogP contribution in [0.2, 0.25) is 0 Å². The summed E-state index contributed by atoms with van der Waals surface area (Å²) >= 11 is 0. The molecular weight excluding hydrogens is 346 g/mol. The number of nitrogens with one attached hydrogen (secondary N) is 1. The molecule has 7 nitrogen and oxygen atoms in total. The van der Waals surface area contributed by atoms with E-state index in [0.29, 0.717) is 41.4 Å². The highest BCUT2D eigenvalue weighted by Gasteiger charge is 2.25. The summed E-state index contributed by atoms with van der Waals surface area (Å²) < 4.78 is 10.6. The van der Waals surface area contributed by atoms with Gasteiger partial charge < -0.3 is 19.5 Å². The molecule has 27 heavy (non-hydrogen) atoms. The third-order valence-electron chi connectivity index (χ3n) is 4.61. The van der Waals surface area contributed by atoms with Gasteiger partial charge in [0.15, 0.2) is 5.58 Å². The Morgan fingerprint density at radius 1 is 1.30 bits per heavy atom. The number of anilines is 2. The average molecular weight is 365 g/mol. The number of rotatable bonds is 5. The lowest BCUT2D eigenvalue weighted by Crippen LogP contribution is -2.24. The molecule has 1 aliphatic heterocycles. The number of carbonyl (C=O) groups excluding carboxylic acids is 2. The SMILES string of the molecule is COc1ccc(NC(=O)Cc2noc3ccccc23)cc1N1CCCC1=O. The fourth-order valence-corrected chi connectivity index (χ4v) is 3.30. The molecular formula is C20H19N3O4. The Hall–Kier alpha value is -3.35. The maximum Gasteiger partial charge on any atom is 0.230 e. The van der Waals surface area contributed by atoms with E-state index in [1.54, 1.807) is 30.2 Å². The van der Waals surface area contributed by atoms with Gasteiger partial charge in [0.05, 0.1) is 19.2 Å². The van der Waals surface area contributed by atoms with E-state index in [1.807, 2.05) is 24.3 Å². The molecule has 0 saturated carbocycles. The van der Waals surface area contributed by atoms with E-state index in [2.05, 4.69) is 10.5 Å². The standard InChI is InChI=1S/C20H19N3O4/c1-26-18-9-8-13(11-16(18)23-10-4-7-20(23)25)21-19(24)12-15-14-5-2-3-6-17(14)27-22-15/h2-3,5-6,8-9,11H,4,7,10,12H2,1H3,(H,21,24). The van der Waals surface area contributed by atoms with Gasteiger partial charge in [-0.05, 0) is 36.8 Å². The highest BCUT2D eigenvalue weighted by atomic mass is 16.5. The van der Waals surface area contributed by atoms with Crippen molar-refractivity contribution < 1.29 is 18.8 Å². The van der Waals surface area contributed by atoms with Crippen LogP contribution in [0.25, 0.3) is 11.0 Å². The molecule has 1 saturated heterocycles. The first-order valence-electron chi connectivity index (χ1n) is 8.77. The summed E-state index contributed by atoms with van der Waals surface area (Å²) in [6, 6.07) is 12.7. The number of carbonyl (C=O) groups is 2. The molecule has 4 rings (SSSR count). The molecule has 0 spiro atoms. The van der Waals surface area contributed by atoms with E-state index < -0.39 is 0 Å². The van der Waals surface area contributed by atoms with Gasteiger partial charge in [-0.15, -0.1) is 0 Å². The summed E-state index contributed by atoms with van der Waals surface area (Å²) in [5, 5.41) is 7.67. The lowest BCUT2D eigenvalue weighted by atomic mass is 10.1. The van der Waals surface area contributed by atoms with E-state index in [1.165, 1.54) is 0 Å². The summed E-state index contributed by atoms with van der Waals surface area (Å²) in [5.41, 5.74) is 2.51. The van der Waals surface area contributed by atoms with Crippen LogP contribution >= 0.6 is 0 Å². The van der Waals surface area contributed by atoms with Gasteiger partial charge in [0.2, 0.25) is 11.8 Å². The van der Waals surface area contributed by atoms with Crippen molar-refractivity contribution in [2.75, 3.05) is 23.9 Å². The molecule has 0 unspecified atom stereocenters. The fraction of sp³-hybridized carbons (Fsp3) is 0.250. The van der Waals surface area contributed by atoms with Crippen LogP contribution in [-0.4, -0.2) is 30.6 Å². The van der Waals surface area contributed by atoms with Gasteiger partial charge in [0.25, 0.3) is 0 Å². The lowest BCUT2D eigenvalue weighted by Gasteiger charge is -2.20. The van der Waals surface area contributed by atoms with E-state index in [4.69, 9.17) is 9.26 Å². The first-order valence-corrected chi connectivity index (χ1v) is 8.77. The van der Waals surface area contributed by atoms with Crippen LogP contribution in [0.5, 0.6) is 5.75 Å². The minimum atomic E-state index is -0.210. The third kappa shape index (κ3) is 3.36. The van der Waals surface area contributed by atoms with E-state index in [9.17, 15) is 9.59 Å². The second-order valence-electron chi connectivity index (χ2n) is 6.39. The average Bonchev–Trinajstić information content (AvgIpc) is 3.28. The molecule has 0 aliphatic carbocycles. The molecule has 138 valence electrons. The van der Waals surface area contributed by atoms with Crippen molar-refractivity contribution in [1.29, 1.82) is 0 Å². The van der Waals surface area contributed by atoms with Crippen LogP contribution in [-0.2, 0) is 16.0 Å². The van der Waals surface area contributed by atoms with Gasteiger partial charge in [-0.25, -0.2) is 0 Å². The largest absolute Gasteiger partial charge is 0.495 e. The van der Waals surface area contributed by atoms with Gasteiger partial charge in [0, 0.05) is 24.0 Å². The maximum atomic E-state index is 12.5. The number of methoxy groups -OCH3 is 1. The van der Waals surface area contributed by atoms with Gasteiger partial charge in [-0.3, -0.25) is 9.59 Å². The van der Waals surface area contributed by atoms with Crippen molar-refractivity contribution in [3.05, 3.63) is 48.2 Å². The molecule has 0 bridgehead atoms. The Morgan fingerprint density at radius 2 is 2.15 bits per heavy atom. The van der Waals surface area contributed by atoms with Gasteiger partial charge in [-0.2, -0.15) is 0 Å². The highest BCUT2D eigenvalue weighted by Crippen LogP contribution is 2.34. The summed E-state index contributed by atoms with van der Waals surface area (Å²) in [6.07, 6.45) is 1.44. The zero-order valence-electron chi connectivity index (χ0n) is 14.9. The smallest absolute Gasteiger partial charge is 0.230 e. The topological polar surface area (TPSA) is 84.7 Å². The van der Waals surface area contributed by atoms with Gasteiger partial charge in [-0.1, -0.05) is 17.3 Å². The van der Waals surface area contributed by atoms with Crippen molar-refractivity contribution in [2.24, 2.45) is 0 Å². The van der Waals surface area contributed by atoms with E-state index in [-0.39, 0.29) is 18.2 Å². The van der Waals surface area contributed by atoms with Crippen molar-refractivity contribution in [3.8, 4) is 5.75 Å². The van der Waals surface area contributed by atoms with Crippen molar-refractivity contribution in [3.63, 3.8) is 0 Å². The molecule has 2 amide bonds. The highest BCUT2D eigenvalue weighted by molar-refractivity contribution is 5.99. The maximum absolute atomic E-state index is 12.5. The number of benzene rings is 2. The summed E-state index contributed by atoms with van der Waals surface area (Å²) in [7, 11) is 1.56. The Bertz CT molecular complexity index is 1010. The molecule has 1 fully saturated rings. The molecule has 3 aromatic rings. The monoisotopic (exact) mass is 365 g/mol. The van der Waals surface area contributed by atoms with Crippen molar-refractivity contribution >= 4 is 34.2 Å². The van der Waals surface area contributed by atoms with Crippen LogP contribution in [0.3, 0.4) is 0 Å². The number of ether oxygens (including phenoxy) is 1. The molecule has 2 heterocycles. The number of aromatic nitrogens is 1. The Morgan fingerprint density at radius 3 is 2.93 bits per heavy atom. The number of nitrogens with zero attached hydrogens (tertiary/aromatic N) is 2.